The first-order chi connectivity index (χ1) is 7.18. The zero-order valence-corrected chi connectivity index (χ0v) is 8.95. The van der Waals surface area contributed by atoms with Crippen LogP contribution in [0.4, 0.5) is 8.78 Å². The van der Waals surface area contributed by atoms with Gasteiger partial charge in [0.25, 0.3) is 0 Å². The number of halogens is 3. The second kappa shape index (κ2) is 4.45. The molecule has 1 heterocycles. The minimum absolute atomic E-state index is 0.293. The summed E-state index contributed by atoms with van der Waals surface area (Å²) in [6, 6.07) is 2.98. The highest BCUT2D eigenvalue weighted by molar-refractivity contribution is 6.30. The van der Waals surface area contributed by atoms with Crippen molar-refractivity contribution in [3.05, 3.63) is 34.4 Å². The maximum Gasteiger partial charge on any atom is 0.148 e. The Balaban J connectivity index is 2.17. The van der Waals surface area contributed by atoms with Crippen LogP contribution in [0.5, 0.6) is 0 Å². The van der Waals surface area contributed by atoms with Gasteiger partial charge in [-0.1, -0.05) is 17.7 Å². The van der Waals surface area contributed by atoms with Crippen molar-refractivity contribution in [2.24, 2.45) is 0 Å². The van der Waals surface area contributed by atoms with Crippen molar-refractivity contribution in [3.63, 3.8) is 0 Å². The fraction of sp³-hybridized carbons (Fsp3) is 0.455. The first-order valence-electron chi connectivity index (χ1n) is 5.04. The first-order valence-corrected chi connectivity index (χ1v) is 5.42. The molecule has 15 heavy (non-hydrogen) atoms. The summed E-state index contributed by atoms with van der Waals surface area (Å²) in [5, 5.41) is 2.87. The molecule has 0 aliphatic carbocycles. The largest absolute Gasteiger partial charge is 0.314 e. The number of hydrogen-bond acceptors (Lipinski definition) is 1. The molecule has 82 valence electrons. The van der Waals surface area contributed by atoms with Gasteiger partial charge in [0.05, 0.1) is 0 Å². The first kappa shape index (κ1) is 10.8. The molecule has 1 unspecified atom stereocenters. The maximum atomic E-state index is 13.5. The van der Waals surface area contributed by atoms with Crippen LogP contribution in [0.2, 0.25) is 5.02 Å². The fourth-order valence-corrected chi connectivity index (χ4v) is 2.10. The smallest absolute Gasteiger partial charge is 0.148 e. The Hall–Kier alpha value is -0.670. The zero-order valence-electron chi connectivity index (χ0n) is 8.19. The molecule has 1 aliphatic heterocycles. The normalized spacial score (nSPS) is 20.9. The van der Waals surface area contributed by atoms with Crippen LogP contribution in [0, 0.1) is 11.6 Å². The molecule has 2 rings (SSSR count). The van der Waals surface area contributed by atoms with E-state index in [4.69, 9.17) is 11.6 Å². The summed E-state index contributed by atoms with van der Waals surface area (Å²) in [6.07, 6.45) is 2.72. The average Bonchev–Trinajstić information content (AvgIpc) is 2.72. The number of nitrogens with one attached hydrogen (secondary N) is 1. The zero-order chi connectivity index (χ0) is 10.8. The molecule has 1 atom stereocenters. The molecule has 0 bridgehead atoms. The molecule has 1 nitrogen and oxygen atoms in total. The molecule has 1 aliphatic rings. The molecular weight excluding hydrogens is 220 g/mol. The lowest BCUT2D eigenvalue weighted by atomic mass is 10.0. The van der Waals surface area contributed by atoms with Crippen LogP contribution in [-0.2, 0) is 6.42 Å². The van der Waals surface area contributed by atoms with Crippen molar-refractivity contribution in [2.75, 3.05) is 6.54 Å². The standard InChI is InChI=1S/C11H12ClF2N/c12-10-9(13)4-3-7(11(10)14)6-8-2-1-5-15-8/h3-4,8,15H,1-2,5-6H2. The Morgan fingerprint density at radius 2 is 2.20 bits per heavy atom. The summed E-state index contributed by atoms with van der Waals surface area (Å²) in [5.41, 5.74) is 0.487. The molecule has 1 aromatic rings. The van der Waals surface area contributed by atoms with E-state index in [-0.39, 0.29) is 0 Å². The lowest BCUT2D eigenvalue weighted by molar-refractivity contribution is 0.545. The van der Waals surface area contributed by atoms with E-state index in [1.807, 2.05) is 0 Å². The Morgan fingerprint density at radius 1 is 1.40 bits per heavy atom. The summed E-state index contributed by atoms with van der Waals surface area (Å²) < 4.78 is 26.4. The molecule has 0 aromatic heterocycles. The van der Waals surface area contributed by atoms with Crippen molar-refractivity contribution in [2.45, 2.75) is 25.3 Å². The highest BCUT2D eigenvalue weighted by Crippen LogP contribution is 2.23. The third-order valence-electron chi connectivity index (χ3n) is 2.74. The van der Waals surface area contributed by atoms with Crippen molar-refractivity contribution >= 4 is 11.6 Å². The predicted molar refractivity (Wildman–Crippen MR) is 56.1 cm³/mol. The van der Waals surface area contributed by atoms with Gasteiger partial charge in [0.2, 0.25) is 0 Å². The second-order valence-corrected chi connectivity index (χ2v) is 4.21. The highest BCUT2D eigenvalue weighted by atomic mass is 35.5. The van der Waals surface area contributed by atoms with Gasteiger partial charge in [-0.15, -0.1) is 0 Å². The topological polar surface area (TPSA) is 12.0 Å². The Kier molecular flexibility index (Phi) is 3.22. The second-order valence-electron chi connectivity index (χ2n) is 3.83. The average molecular weight is 232 g/mol. The molecule has 1 saturated heterocycles. The lowest BCUT2D eigenvalue weighted by Gasteiger charge is -2.11. The van der Waals surface area contributed by atoms with E-state index in [1.54, 1.807) is 0 Å². The third-order valence-corrected chi connectivity index (χ3v) is 3.09. The van der Waals surface area contributed by atoms with Crippen LogP contribution in [0.25, 0.3) is 0 Å². The van der Waals surface area contributed by atoms with E-state index in [9.17, 15) is 8.78 Å². The van der Waals surface area contributed by atoms with Gasteiger partial charge in [-0.25, -0.2) is 8.78 Å². The molecule has 1 fully saturated rings. The molecule has 0 saturated carbocycles. The maximum absolute atomic E-state index is 13.5. The van der Waals surface area contributed by atoms with Gasteiger partial charge in [0.1, 0.15) is 16.7 Å². The van der Waals surface area contributed by atoms with E-state index in [2.05, 4.69) is 5.32 Å². The Bertz CT molecular complexity index is 362. The summed E-state index contributed by atoms with van der Waals surface area (Å²) >= 11 is 5.50. The predicted octanol–water partition coefficient (Wildman–Crippen LogP) is 2.91. The summed E-state index contributed by atoms with van der Waals surface area (Å²) in [4.78, 5) is 0. The van der Waals surface area contributed by atoms with E-state index >= 15 is 0 Å². The van der Waals surface area contributed by atoms with Crippen LogP contribution in [0.3, 0.4) is 0 Å². The van der Waals surface area contributed by atoms with Gasteiger partial charge in [0.15, 0.2) is 0 Å². The van der Waals surface area contributed by atoms with Crippen LogP contribution in [-0.4, -0.2) is 12.6 Å². The minimum Gasteiger partial charge on any atom is -0.314 e. The third kappa shape index (κ3) is 2.29. The van der Waals surface area contributed by atoms with Crippen LogP contribution >= 0.6 is 11.6 Å². The van der Waals surface area contributed by atoms with E-state index in [1.165, 1.54) is 12.1 Å². The van der Waals surface area contributed by atoms with Crippen molar-refractivity contribution in [1.29, 1.82) is 0 Å². The van der Waals surface area contributed by atoms with Gasteiger partial charge >= 0.3 is 0 Å². The quantitative estimate of drug-likeness (QED) is 0.772. The van der Waals surface area contributed by atoms with E-state index < -0.39 is 16.7 Å². The monoisotopic (exact) mass is 231 g/mol. The number of hydrogen-bond donors (Lipinski definition) is 1. The van der Waals surface area contributed by atoms with Crippen LogP contribution in [0.1, 0.15) is 18.4 Å². The molecule has 1 N–H and O–H groups in total. The van der Waals surface area contributed by atoms with Gasteiger partial charge in [-0.05, 0) is 37.4 Å². The molecule has 1 aromatic carbocycles. The SMILES string of the molecule is Fc1ccc(CC2CCCN2)c(F)c1Cl. The number of rotatable bonds is 2. The van der Waals surface area contributed by atoms with Crippen molar-refractivity contribution in [1.82, 2.24) is 5.32 Å². The highest BCUT2D eigenvalue weighted by Gasteiger charge is 2.18. The molecule has 0 radical (unpaired) electrons. The molecule has 0 spiro atoms. The van der Waals surface area contributed by atoms with Gasteiger partial charge in [-0.2, -0.15) is 0 Å². The molecular formula is C11H12ClF2N. The molecule has 0 amide bonds. The van der Waals surface area contributed by atoms with Gasteiger partial charge in [0, 0.05) is 6.04 Å². The lowest BCUT2D eigenvalue weighted by Crippen LogP contribution is -2.24. The number of benzene rings is 1. The summed E-state index contributed by atoms with van der Waals surface area (Å²) in [5.74, 6) is -1.32. The molecule has 4 heteroatoms. The fourth-order valence-electron chi connectivity index (χ4n) is 1.92. The Labute approximate surface area is 92.4 Å². The van der Waals surface area contributed by atoms with Crippen LogP contribution < -0.4 is 5.32 Å². The summed E-state index contributed by atoms with van der Waals surface area (Å²) in [7, 11) is 0. The van der Waals surface area contributed by atoms with E-state index in [0.29, 0.717) is 18.0 Å². The van der Waals surface area contributed by atoms with Crippen molar-refractivity contribution in [3.8, 4) is 0 Å². The summed E-state index contributed by atoms with van der Waals surface area (Å²) in [6.45, 7) is 0.973. The van der Waals surface area contributed by atoms with Crippen LogP contribution in [0.15, 0.2) is 12.1 Å². The van der Waals surface area contributed by atoms with Gasteiger partial charge < -0.3 is 5.32 Å². The van der Waals surface area contributed by atoms with E-state index in [0.717, 1.165) is 19.4 Å². The minimum atomic E-state index is -0.697. The van der Waals surface area contributed by atoms with Crippen molar-refractivity contribution < 1.29 is 8.78 Å². The Morgan fingerprint density at radius 3 is 2.87 bits per heavy atom. The van der Waals surface area contributed by atoms with Gasteiger partial charge in [-0.3, -0.25) is 0 Å².